The molecule has 0 bridgehead atoms. The monoisotopic (exact) mass is 481 g/mol. The summed E-state index contributed by atoms with van der Waals surface area (Å²) < 4.78 is 0. The average molecular weight is 482 g/mol. The van der Waals surface area contributed by atoms with Crippen molar-refractivity contribution in [2.45, 2.75) is 13.8 Å². The number of hydrogen-bond acceptors (Lipinski definition) is 2. The maximum atomic E-state index is 2.35. The van der Waals surface area contributed by atoms with E-state index in [4.69, 9.17) is 0 Å². The van der Waals surface area contributed by atoms with Gasteiger partial charge in [0.15, 0.2) is 0 Å². The Morgan fingerprint density at radius 3 is 1.58 bits per heavy atom. The van der Waals surface area contributed by atoms with Crippen molar-refractivity contribution in [1.29, 1.82) is 0 Å². The number of rotatable bonds is 4. The van der Waals surface area contributed by atoms with Crippen LogP contribution in [0.1, 0.15) is 38.3 Å². The predicted molar refractivity (Wildman–Crippen MR) is 157 cm³/mol. The minimum absolute atomic E-state index is 1.17. The van der Waals surface area contributed by atoms with Crippen molar-refractivity contribution in [3.8, 4) is 0 Å². The maximum Gasteiger partial charge on any atom is 0.100 e. The molecule has 6 rings (SSSR count). The molecule has 0 N–H and O–H groups in total. The molecule has 0 unspecified atom stereocenters. The molecule has 0 fully saturated rings. The van der Waals surface area contributed by atoms with E-state index in [1.807, 2.05) is 11.3 Å². The Morgan fingerprint density at radius 1 is 0.556 bits per heavy atom. The van der Waals surface area contributed by atoms with Gasteiger partial charge in [-0.15, -0.1) is 11.3 Å². The Kier molecular flexibility index (Phi) is 5.88. The van der Waals surface area contributed by atoms with Gasteiger partial charge in [0.05, 0.1) is 0 Å². The minimum Gasteiger partial charge on any atom is -0.302 e. The van der Waals surface area contributed by atoms with E-state index in [2.05, 4.69) is 146 Å². The SMILES string of the molecule is Cc1ccc(N(c2ccc(C)cc2)c2ccc(C=C3c4ccccc4C=Cc4ccccc43)s2)cc1. The molecule has 1 aromatic heterocycles. The lowest BCUT2D eigenvalue weighted by Gasteiger charge is -2.24. The molecule has 0 radical (unpaired) electrons. The summed E-state index contributed by atoms with van der Waals surface area (Å²) >= 11 is 1.82. The molecule has 2 heteroatoms. The summed E-state index contributed by atoms with van der Waals surface area (Å²) in [4.78, 5) is 3.58. The van der Waals surface area contributed by atoms with Gasteiger partial charge in [-0.05, 0) is 84.1 Å². The van der Waals surface area contributed by atoms with Crippen LogP contribution in [0.5, 0.6) is 0 Å². The second-order valence-electron chi connectivity index (χ2n) is 9.25. The first kappa shape index (κ1) is 22.3. The van der Waals surface area contributed by atoms with Crippen molar-refractivity contribution in [2.24, 2.45) is 0 Å². The zero-order valence-corrected chi connectivity index (χ0v) is 21.3. The van der Waals surface area contributed by atoms with Crippen molar-refractivity contribution >= 4 is 51.5 Å². The van der Waals surface area contributed by atoms with Gasteiger partial charge in [-0.3, -0.25) is 0 Å². The molecule has 0 saturated heterocycles. The van der Waals surface area contributed by atoms with E-state index < -0.39 is 0 Å². The molecule has 5 aromatic rings. The molecule has 4 aromatic carbocycles. The third-order valence-corrected chi connectivity index (χ3v) is 7.67. The normalized spacial score (nSPS) is 12.0. The Bertz CT molecular complexity index is 1490. The summed E-state index contributed by atoms with van der Waals surface area (Å²) in [6.45, 7) is 4.26. The number of thiophene rings is 1. The van der Waals surface area contributed by atoms with Crippen molar-refractivity contribution < 1.29 is 0 Å². The standard InChI is InChI=1S/C34H27NS/c1-24-11-17-28(18-12-24)35(29-19-13-25(2)14-20-29)34-22-21-30(36-34)23-33-31-9-5-3-7-26(31)15-16-27-8-4-6-10-32(27)33/h3-23H,1-2H3. The summed E-state index contributed by atoms with van der Waals surface area (Å²) in [5, 5.41) is 1.20. The Balaban J connectivity index is 1.47. The fourth-order valence-electron chi connectivity index (χ4n) is 4.73. The highest BCUT2D eigenvalue weighted by atomic mass is 32.1. The number of fused-ring (bicyclic) bond motifs is 2. The summed E-state index contributed by atoms with van der Waals surface area (Å²) in [6.07, 6.45) is 6.80. The second kappa shape index (κ2) is 9.49. The van der Waals surface area contributed by atoms with Crippen LogP contribution in [0.3, 0.4) is 0 Å². The van der Waals surface area contributed by atoms with Gasteiger partial charge >= 0.3 is 0 Å². The number of benzene rings is 4. The van der Waals surface area contributed by atoms with Crippen molar-refractivity contribution in [3.05, 3.63) is 147 Å². The molecule has 1 aliphatic rings. The van der Waals surface area contributed by atoms with E-state index in [1.165, 1.54) is 60.2 Å². The molecule has 1 heterocycles. The molecule has 0 spiro atoms. The van der Waals surface area contributed by atoms with Gasteiger partial charge in [-0.1, -0.05) is 96.1 Å². The van der Waals surface area contributed by atoms with E-state index in [0.717, 1.165) is 0 Å². The third-order valence-electron chi connectivity index (χ3n) is 6.65. The predicted octanol–water partition coefficient (Wildman–Crippen LogP) is 9.91. The molecular formula is C34H27NS. The topological polar surface area (TPSA) is 3.24 Å². The quantitative estimate of drug-likeness (QED) is 0.242. The van der Waals surface area contributed by atoms with E-state index in [0.29, 0.717) is 0 Å². The van der Waals surface area contributed by atoms with Crippen molar-refractivity contribution in [1.82, 2.24) is 0 Å². The summed E-state index contributed by atoms with van der Waals surface area (Å²) in [5.41, 5.74) is 11.1. The molecule has 0 aliphatic heterocycles. The van der Waals surface area contributed by atoms with Crippen LogP contribution in [0.2, 0.25) is 0 Å². The van der Waals surface area contributed by atoms with Crippen LogP contribution >= 0.6 is 11.3 Å². The summed E-state index contributed by atoms with van der Waals surface area (Å²) in [6, 6.07) is 39.4. The lowest BCUT2D eigenvalue weighted by molar-refractivity contribution is 1.29. The van der Waals surface area contributed by atoms with E-state index >= 15 is 0 Å². The van der Waals surface area contributed by atoms with Gasteiger partial charge in [-0.25, -0.2) is 0 Å². The van der Waals surface area contributed by atoms with Crippen LogP contribution in [-0.4, -0.2) is 0 Å². The van der Waals surface area contributed by atoms with Crippen molar-refractivity contribution in [2.75, 3.05) is 4.90 Å². The second-order valence-corrected chi connectivity index (χ2v) is 10.3. The Hall–Kier alpha value is -4.14. The van der Waals surface area contributed by atoms with Crippen molar-refractivity contribution in [3.63, 3.8) is 0 Å². The largest absolute Gasteiger partial charge is 0.302 e. The van der Waals surface area contributed by atoms with Crippen LogP contribution < -0.4 is 4.90 Å². The van der Waals surface area contributed by atoms with Gasteiger partial charge in [0.25, 0.3) is 0 Å². The first-order chi connectivity index (χ1) is 17.7. The summed E-state index contributed by atoms with van der Waals surface area (Å²) in [7, 11) is 0. The highest BCUT2D eigenvalue weighted by Crippen LogP contribution is 2.41. The van der Waals surface area contributed by atoms with E-state index in [-0.39, 0.29) is 0 Å². The van der Waals surface area contributed by atoms with Gasteiger partial charge in [0.1, 0.15) is 5.00 Å². The van der Waals surface area contributed by atoms with Gasteiger partial charge in [0.2, 0.25) is 0 Å². The lowest BCUT2D eigenvalue weighted by Crippen LogP contribution is -2.08. The molecule has 1 nitrogen and oxygen atoms in total. The molecule has 0 saturated carbocycles. The van der Waals surface area contributed by atoms with Crippen LogP contribution in [0.15, 0.2) is 109 Å². The van der Waals surface area contributed by atoms with E-state index in [1.54, 1.807) is 0 Å². The number of nitrogens with zero attached hydrogens (tertiary/aromatic N) is 1. The average Bonchev–Trinajstić information content (AvgIpc) is 3.30. The molecule has 0 amide bonds. The zero-order valence-electron chi connectivity index (χ0n) is 20.5. The first-order valence-electron chi connectivity index (χ1n) is 12.3. The van der Waals surface area contributed by atoms with Crippen LogP contribution in [0, 0.1) is 13.8 Å². The fourth-order valence-corrected chi connectivity index (χ4v) is 5.72. The van der Waals surface area contributed by atoms with Crippen LogP contribution in [0.25, 0.3) is 23.8 Å². The zero-order chi connectivity index (χ0) is 24.5. The Labute approximate surface area is 217 Å². The summed E-state index contributed by atoms with van der Waals surface area (Å²) in [5.74, 6) is 0. The fraction of sp³-hybridized carbons (Fsp3) is 0.0588. The first-order valence-corrected chi connectivity index (χ1v) is 13.1. The molecule has 36 heavy (non-hydrogen) atoms. The van der Waals surface area contributed by atoms with Gasteiger partial charge < -0.3 is 4.90 Å². The number of hydrogen-bond donors (Lipinski definition) is 0. The molecule has 174 valence electrons. The minimum atomic E-state index is 1.17. The van der Waals surface area contributed by atoms with Gasteiger partial charge in [-0.2, -0.15) is 0 Å². The molecular weight excluding hydrogens is 454 g/mol. The number of aryl methyl sites for hydroxylation is 2. The maximum absolute atomic E-state index is 2.35. The van der Waals surface area contributed by atoms with Crippen LogP contribution in [-0.2, 0) is 0 Å². The van der Waals surface area contributed by atoms with Crippen LogP contribution in [0.4, 0.5) is 16.4 Å². The molecule has 0 atom stereocenters. The van der Waals surface area contributed by atoms with Gasteiger partial charge in [0, 0.05) is 16.3 Å². The number of anilines is 3. The smallest absolute Gasteiger partial charge is 0.100 e. The Morgan fingerprint density at radius 2 is 1.06 bits per heavy atom. The third kappa shape index (κ3) is 4.32. The van der Waals surface area contributed by atoms with E-state index in [9.17, 15) is 0 Å². The lowest BCUT2D eigenvalue weighted by atomic mass is 9.93. The highest BCUT2D eigenvalue weighted by molar-refractivity contribution is 7.17. The molecule has 1 aliphatic carbocycles. The highest BCUT2D eigenvalue weighted by Gasteiger charge is 2.17.